The third-order valence-corrected chi connectivity index (χ3v) is 2.33. The maximum Gasteiger partial charge on any atom is 0.302 e. The fourth-order valence-corrected chi connectivity index (χ4v) is 1.55. The van der Waals surface area contributed by atoms with Gasteiger partial charge in [0.2, 0.25) is 0 Å². The monoisotopic (exact) mass is 223 g/mol. The molecule has 3 heteroatoms. The van der Waals surface area contributed by atoms with Crippen molar-refractivity contribution >= 4 is 35.5 Å². The summed E-state index contributed by atoms with van der Waals surface area (Å²) >= 11 is 0. The predicted molar refractivity (Wildman–Crippen MR) is 65.0 cm³/mol. The van der Waals surface area contributed by atoms with Crippen molar-refractivity contribution in [3.63, 3.8) is 0 Å². The Morgan fingerprint density at radius 3 is 2.20 bits per heavy atom. The van der Waals surface area contributed by atoms with Crippen LogP contribution in [0.25, 0.3) is 0 Å². The fraction of sp³-hybridized carbons (Fsp3) is 0.917. The topological polar surface area (TPSA) is 26.3 Å². The minimum atomic E-state index is -0.163. The second-order valence-corrected chi connectivity index (χ2v) is 3.98. The Balaban J connectivity index is 0. The summed E-state index contributed by atoms with van der Waals surface area (Å²) in [6.07, 6.45) is 8.86. The van der Waals surface area contributed by atoms with Crippen LogP contribution in [0.4, 0.5) is 0 Å². The molecule has 0 saturated carbocycles. The smallest absolute Gasteiger partial charge is 0.302 e. The first kappa shape index (κ1) is 17.9. The van der Waals surface area contributed by atoms with Crippen molar-refractivity contribution in [3.05, 3.63) is 0 Å². The van der Waals surface area contributed by atoms with E-state index in [1.165, 1.54) is 45.4 Å². The average Bonchev–Trinajstić information content (AvgIpc) is 2.10. The summed E-state index contributed by atoms with van der Waals surface area (Å²) in [6.45, 7) is 5.66. The van der Waals surface area contributed by atoms with Gasteiger partial charge in [-0.1, -0.05) is 39.0 Å². The van der Waals surface area contributed by atoms with Gasteiger partial charge in [-0.05, 0) is 19.8 Å². The molecule has 0 saturated heterocycles. The molecule has 0 aliphatic carbocycles. The number of unbranched alkanes of at least 4 members (excludes halogenated alkanes) is 5. The first-order valence-electron chi connectivity index (χ1n) is 5.84. The van der Waals surface area contributed by atoms with Crippen LogP contribution in [0.15, 0.2) is 0 Å². The Morgan fingerprint density at radius 2 is 1.67 bits per heavy atom. The maximum atomic E-state index is 10.6. The van der Waals surface area contributed by atoms with Crippen molar-refractivity contribution in [1.29, 1.82) is 0 Å². The molecular weight excluding hydrogens is 199 g/mol. The van der Waals surface area contributed by atoms with Crippen LogP contribution in [0.3, 0.4) is 0 Å². The van der Waals surface area contributed by atoms with Crippen LogP contribution in [0.2, 0.25) is 0 Å². The Bertz CT molecular complexity index is 149. The van der Waals surface area contributed by atoms with Crippen LogP contribution in [-0.2, 0) is 9.53 Å². The van der Waals surface area contributed by atoms with Gasteiger partial charge in [0.15, 0.2) is 0 Å². The first-order valence-corrected chi connectivity index (χ1v) is 5.84. The molecule has 0 aliphatic rings. The van der Waals surface area contributed by atoms with E-state index in [0.29, 0.717) is 0 Å². The van der Waals surface area contributed by atoms with Crippen molar-refractivity contribution in [2.45, 2.75) is 71.8 Å². The van der Waals surface area contributed by atoms with Crippen molar-refractivity contribution < 1.29 is 9.53 Å². The molecule has 0 aromatic carbocycles. The van der Waals surface area contributed by atoms with Crippen molar-refractivity contribution in [2.75, 3.05) is 0 Å². The molecule has 1 unspecified atom stereocenters. The van der Waals surface area contributed by atoms with Gasteiger partial charge in [-0.25, -0.2) is 0 Å². The molecule has 1 atom stereocenters. The molecule has 1 radical (unpaired) electrons. The quantitative estimate of drug-likeness (QED) is 0.358. The fourth-order valence-electron chi connectivity index (χ4n) is 1.55. The van der Waals surface area contributed by atoms with Crippen molar-refractivity contribution in [3.8, 4) is 0 Å². The largest absolute Gasteiger partial charge is 0.463 e. The van der Waals surface area contributed by atoms with E-state index in [0.717, 1.165) is 6.42 Å². The first-order chi connectivity index (χ1) is 6.66. The van der Waals surface area contributed by atoms with Gasteiger partial charge in [-0.15, -0.1) is 0 Å². The number of rotatable bonds is 8. The molecular formula is C12H24NaO2. The SMILES string of the molecule is CCCCCCCCC(C)OC(C)=O.[Na]. The average molecular weight is 223 g/mol. The molecule has 0 aromatic rings. The van der Waals surface area contributed by atoms with Crippen LogP contribution in [0.1, 0.15) is 65.7 Å². The summed E-state index contributed by atoms with van der Waals surface area (Å²) < 4.78 is 5.04. The molecule has 0 N–H and O–H groups in total. The Morgan fingerprint density at radius 1 is 1.13 bits per heavy atom. The van der Waals surface area contributed by atoms with E-state index in [-0.39, 0.29) is 41.6 Å². The second-order valence-electron chi connectivity index (χ2n) is 3.98. The third kappa shape index (κ3) is 14.5. The van der Waals surface area contributed by atoms with Gasteiger partial charge in [-0.2, -0.15) is 0 Å². The van der Waals surface area contributed by atoms with E-state index in [4.69, 9.17) is 4.74 Å². The van der Waals surface area contributed by atoms with Crippen LogP contribution in [0.5, 0.6) is 0 Å². The maximum absolute atomic E-state index is 10.6. The van der Waals surface area contributed by atoms with Gasteiger partial charge >= 0.3 is 5.97 Å². The Hall–Kier alpha value is 0.470. The molecule has 2 nitrogen and oxygen atoms in total. The molecule has 0 spiro atoms. The summed E-state index contributed by atoms with van der Waals surface area (Å²) in [5, 5.41) is 0. The van der Waals surface area contributed by atoms with Gasteiger partial charge in [-0.3, -0.25) is 4.79 Å². The zero-order valence-electron chi connectivity index (χ0n) is 10.8. The van der Waals surface area contributed by atoms with E-state index >= 15 is 0 Å². The number of esters is 1. The van der Waals surface area contributed by atoms with Gasteiger partial charge < -0.3 is 4.74 Å². The molecule has 85 valence electrons. The second kappa shape index (κ2) is 12.5. The molecule has 15 heavy (non-hydrogen) atoms. The number of ether oxygens (including phenoxy) is 1. The third-order valence-electron chi connectivity index (χ3n) is 2.33. The van der Waals surface area contributed by atoms with Crippen LogP contribution >= 0.6 is 0 Å². The van der Waals surface area contributed by atoms with Crippen LogP contribution in [0, 0.1) is 0 Å². The van der Waals surface area contributed by atoms with Gasteiger partial charge in [0.25, 0.3) is 0 Å². The minimum Gasteiger partial charge on any atom is -0.463 e. The van der Waals surface area contributed by atoms with E-state index < -0.39 is 0 Å². The Kier molecular flexibility index (Phi) is 14.9. The van der Waals surface area contributed by atoms with E-state index in [1.807, 2.05) is 6.92 Å². The summed E-state index contributed by atoms with van der Waals surface area (Å²) in [5.74, 6) is -0.163. The summed E-state index contributed by atoms with van der Waals surface area (Å²) in [4.78, 5) is 10.6. The number of hydrogen-bond donors (Lipinski definition) is 0. The van der Waals surface area contributed by atoms with Crippen molar-refractivity contribution in [2.24, 2.45) is 0 Å². The molecule has 0 heterocycles. The molecule has 0 amide bonds. The summed E-state index contributed by atoms with van der Waals surface area (Å²) in [6, 6.07) is 0. The van der Waals surface area contributed by atoms with E-state index in [2.05, 4.69) is 6.92 Å². The number of carbonyl (C=O) groups is 1. The Labute approximate surface area is 116 Å². The zero-order valence-corrected chi connectivity index (χ0v) is 12.8. The van der Waals surface area contributed by atoms with E-state index in [1.54, 1.807) is 0 Å². The molecule has 0 aromatic heterocycles. The zero-order chi connectivity index (χ0) is 10.8. The summed E-state index contributed by atoms with van der Waals surface area (Å²) in [7, 11) is 0. The number of carbonyl (C=O) groups excluding carboxylic acids is 1. The van der Waals surface area contributed by atoms with Gasteiger partial charge in [0.05, 0.1) is 6.10 Å². The van der Waals surface area contributed by atoms with E-state index in [9.17, 15) is 4.79 Å². The van der Waals surface area contributed by atoms with Crippen molar-refractivity contribution in [1.82, 2.24) is 0 Å². The number of hydrogen-bond acceptors (Lipinski definition) is 2. The van der Waals surface area contributed by atoms with Crippen LogP contribution in [-0.4, -0.2) is 41.6 Å². The minimum absolute atomic E-state index is 0. The van der Waals surface area contributed by atoms with Gasteiger partial charge in [0, 0.05) is 36.5 Å². The molecule has 0 bridgehead atoms. The summed E-state index contributed by atoms with van der Waals surface area (Å²) in [5.41, 5.74) is 0. The predicted octanol–water partition coefficient (Wildman–Crippen LogP) is 3.31. The molecule has 0 fully saturated rings. The molecule has 0 rings (SSSR count). The van der Waals surface area contributed by atoms with Crippen LogP contribution < -0.4 is 0 Å². The molecule has 0 aliphatic heterocycles. The standard InChI is InChI=1S/C12H24O2.Na/c1-4-5-6-7-8-9-10-11(2)14-12(3)13;/h11H,4-10H2,1-3H3;. The normalized spacial score (nSPS) is 11.7. The van der Waals surface area contributed by atoms with Gasteiger partial charge in [0.1, 0.15) is 0 Å².